The molecule has 4 heterocycles. The lowest BCUT2D eigenvalue weighted by Gasteiger charge is -2.30. The Morgan fingerprint density at radius 3 is 2.58 bits per heavy atom. The quantitative estimate of drug-likeness (QED) is 0.374. The van der Waals surface area contributed by atoms with Crippen molar-refractivity contribution in [3.8, 4) is 11.5 Å². The number of alkyl carbamates (subject to hydrolysis) is 1. The number of allylic oxidation sites excluding steroid dienone is 1. The fourth-order valence-corrected chi connectivity index (χ4v) is 8.85. The van der Waals surface area contributed by atoms with Crippen molar-refractivity contribution >= 4 is 39.9 Å². The van der Waals surface area contributed by atoms with Gasteiger partial charge in [0.05, 0.1) is 18.3 Å². The molecule has 6 aliphatic rings. The van der Waals surface area contributed by atoms with E-state index < -0.39 is 80.4 Å². The first-order valence-corrected chi connectivity index (χ1v) is 19.9. The first-order chi connectivity index (χ1) is 25.1. The molecular formula is C36H47N5O11S. The molecule has 4 aliphatic heterocycles. The molecule has 2 saturated carbocycles. The van der Waals surface area contributed by atoms with Crippen molar-refractivity contribution in [3.63, 3.8) is 0 Å². The zero-order chi connectivity index (χ0) is 37.7. The van der Waals surface area contributed by atoms with E-state index in [9.17, 15) is 32.4 Å². The average Bonchev–Trinajstić information content (AvgIpc) is 3.87. The van der Waals surface area contributed by atoms with Gasteiger partial charge in [-0.25, -0.2) is 18.0 Å². The molecule has 17 heteroatoms. The van der Waals surface area contributed by atoms with Gasteiger partial charge in [-0.1, -0.05) is 31.1 Å². The van der Waals surface area contributed by atoms with Crippen LogP contribution in [0.5, 0.6) is 11.5 Å². The van der Waals surface area contributed by atoms with Crippen LogP contribution in [0.4, 0.5) is 9.59 Å². The number of benzene rings is 1. The summed E-state index contributed by atoms with van der Waals surface area (Å²) in [6, 6.07) is 1.40. The highest BCUT2D eigenvalue weighted by molar-refractivity contribution is 7.91. The Morgan fingerprint density at radius 1 is 1.04 bits per heavy atom. The Bertz CT molecular complexity index is 1820. The monoisotopic (exact) mass is 757 g/mol. The number of amides is 5. The maximum absolute atomic E-state index is 14.4. The Hall–Kier alpha value is -4.54. The van der Waals surface area contributed by atoms with Gasteiger partial charge in [0.2, 0.25) is 28.6 Å². The van der Waals surface area contributed by atoms with E-state index in [1.165, 1.54) is 9.80 Å². The van der Waals surface area contributed by atoms with Crippen LogP contribution in [0.2, 0.25) is 0 Å². The lowest BCUT2D eigenvalue weighted by molar-refractivity contribution is -0.141. The van der Waals surface area contributed by atoms with Gasteiger partial charge in [0, 0.05) is 24.4 Å². The lowest BCUT2D eigenvalue weighted by atomic mass is 10.0. The summed E-state index contributed by atoms with van der Waals surface area (Å²) in [5.74, 6) is -1.35. The Morgan fingerprint density at radius 2 is 1.83 bits per heavy atom. The highest BCUT2D eigenvalue weighted by atomic mass is 32.2. The van der Waals surface area contributed by atoms with E-state index in [-0.39, 0.29) is 45.7 Å². The molecule has 2 aliphatic carbocycles. The number of nitrogens with one attached hydrogen (secondary N) is 3. The van der Waals surface area contributed by atoms with Gasteiger partial charge in [0.25, 0.3) is 5.91 Å². The van der Waals surface area contributed by atoms with Crippen LogP contribution in [-0.4, -0.2) is 96.0 Å². The van der Waals surface area contributed by atoms with Crippen LogP contribution in [0.15, 0.2) is 24.3 Å². The summed E-state index contributed by atoms with van der Waals surface area (Å²) in [7, 11) is -3.91. The maximum atomic E-state index is 14.4. The predicted molar refractivity (Wildman–Crippen MR) is 187 cm³/mol. The van der Waals surface area contributed by atoms with Gasteiger partial charge < -0.3 is 34.5 Å². The Labute approximate surface area is 308 Å². The van der Waals surface area contributed by atoms with Gasteiger partial charge in [-0.2, -0.15) is 0 Å². The third-order valence-corrected chi connectivity index (χ3v) is 12.3. The van der Waals surface area contributed by atoms with Crippen LogP contribution in [0.1, 0.15) is 89.7 Å². The second kappa shape index (κ2) is 14.0. The van der Waals surface area contributed by atoms with E-state index in [1.807, 2.05) is 18.2 Å². The smallest absolute Gasteiger partial charge is 0.410 e. The van der Waals surface area contributed by atoms with Gasteiger partial charge in [0.15, 0.2) is 11.5 Å². The van der Waals surface area contributed by atoms with E-state index in [2.05, 4.69) is 15.4 Å². The second-order valence-electron chi connectivity index (χ2n) is 15.8. The largest absolute Gasteiger partial charge is 0.454 e. The molecule has 7 rings (SSSR count). The maximum Gasteiger partial charge on any atom is 0.410 e. The van der Waals surface area contributed by atoms with Crippen LogP contribution in [-0.2, 0) is 47.0 Å². The Balaban J connectivity index is 1.13. The highest BCUT2D eigenvalue weighted by Crippen LogP contribution is 2.46. The zero-order valence-corrected chi connectivity index (χ0v) is 31.0. The van der Waals surface area contributed by atoms with Gasteiger partial charge in [-0.15, -0.1) is 0 Å². The summed E-state index contributed by atoms with van der Waals surface area (Å²) >= 11 is 0. The summed E-state index contributed by atoms with van der Waals surface area (Å²) in [6.07, 6.45) is 5.44. The van der Waals surface area contributed by atoms with Crippen LogP contribution in [0.25, 0.3) is 0 Å². The number of fused-ring (bicyclic) bond motifs is 5. The molecule has 53 heavy (non-hydrogen) atoms. The van der Waals surface area contributed by atoms with E-state index in [4.69, 9.17) is 18.9 Å². The van der Waals surface area contributed by atoms with Gasteiger partial charge in [-0.3, -0.25) is 24.0 Å². The molecule has 3 fully saturated rings. The fraction of sp³-hybridized carbons (Fsp3) is 0.639. The third-order valence-electron chi connectivity index (χ3n) is 10.5. The number of hydrogen-bond acceptors (Lipinski definition) is 11. The minimum Gasteiger partial charge on any atom is -0.454 e. The molecule has 1 aromatic rings. The lowest BCUT2D eigenvalue weighted by Crippen LogP contribution is -2.58. The molecule has 5 atom stereocenters. The fourth-order valence-electron chi connectivity index (χ4n) is 7.49. The van der Waals surface area contributed by atoms with Crippen molar-refractivity contribution in [2.75, 3.05) is 13.3 Å². The molecule has 288 valence electrons. The van der Waals surface area contributed by atoms with Crippen molar-refractivity contribution in [2.45, 2.75) is 126 Å². The van der Waals surface area contributed by atoms with Crippen molar-refractivity contribution in [1.82, 2.24) is 25.2 Å². The summed E-state index contributed by atoms with van der Waals surface area (Å²) in [5, 5.41) is 4.86. The molecule has 16 nitrogen and oxygen atoms in total. The summed E-state index contributed by atoms with van der Waals surface area (Å²) in [5.41, 5.74) is -0.662. The van der Waals surface area contributed by atoms with Gasteiger partial charge in [0.1, 0.15) is 29.3 Å². The number of nitrogens with zero attached hydrogens (tertiary/aromatic N) is 2. The van der Waals surface area contributed by atoms with Crippen LogP contribution in [0, 0.1) is 5.92 Å². The topological polar surface area (TPSA) is 199 Å². The first kappa shape index (κ1) is 36.8. The number of hydrogen-bond donors (Lipinski definition) is 3. The number of ether oxygens (including phenoxy) is 4. The first-order valence-electron chi connectivity index (χ1n) is 18.3. The molecule has 0 radical (unpaired) electrons. The average molecular weight is 758 g/mol. The number of sulfonamides is 1. The van der Waals surface area contributed by atoms with Crippen molar-refractivity contribution in [3.05, 3.63) is 35.4 Å². The van der Waals surface area contributed by atoms with Gasteiger partial charge >= 0.3 is 12.2 Å². The standard InChI is InChI=1S/C36H47N5O11S/c1-35(2,3)52-33(45)37-26-10-8-6-4-5-7-9-22-16-36(22,32(44)39-53(47,48)24-12-13-24)38-30(42)27-15-23(18-41(27)31(26)43)51-34(46)40-17-21-11-14-28-29(25(21)19-40)50-20-49-28/h7,9,11,14,22-24,26-27H,4-6,8,10,12-13,15-20H2,1-3H3,(H,37,45)(H,38,42)(H,39,44)/b9-7-/t22?,23-,26+,27+,36-/m1/s1. The van der Waals surface area contributed by atoms with E-state index in [1.54, 1.807) is 26.8 Å². The number of rotatable bonds is 5. The normalized spacial score (nSPS) is 29.0. The predicted octanol–water partition coefficient (Wildman–Crippen LogP) is 2.73. The third kappa shape index (κ3) is 7.89. The van der Waals surface area contributed by atoms with Gasteiger partial charge in [-0.05, 0) is 70.9 Å². The number of carbonyl (C=O) groups excluding carboxylic acids is 5. The number of carbonyl (C=O) groups is 5. The highest BCUT2D eigenvalue weighted by Gasteiger charge is 2.62. The minimum absolute atomic E-state index is 0.0890. The van der Waals surface area contributed by atoms with Crippen LogP contribution >= 0.6 is 0 Å². The molecule has 3 N–H and O–H groups in total. The molecule has 1 aromatic carbocycles. The molecule has 0 bridgehead atoms. The molecule has 0 aromatic heterocycles. The van der Waals surface area contributed by atoms with Crippen molar-refractivity contribution in [2.24, 2.45) is 5.92 Å². The van der Waals surface area contributed by atoms with Crippen LogP contribution in [0.3, 0.4) is 0 Å². The minimum atomic E-state index is -3.91. The van der Waals surface area contributed by atoms with E-state index >= 15 is 0 Å². The summed E-state index contributed by atoms with van der Waals surface area (Å²) in [4.78, 5) is 71.5. The molecule has 1 unspecified atom stereocenters. The van der Waals surface area contributed by atoms with Crippen molar-refractivity contribution < 1.29 is 51.3 Å². The molecule has 0 spiro atoms. The Kier molecular flexibility index (Phi) is 9.74. The summed E-state index contributed by atoms with van der Waals surface area (Å²) < 4.78 is 50.2. The van der Waals surface area contributed by atoms with Crippen LogP contribution < -0.4 is 24.8 Å². The van der Waals surface area contributed by atoms with E-state index in [0.29, 0.717) is 37.2 Å². The van der Waals surface area contributed by atoms with Crippen molar-refractivity contribution in [1.29, 1.82) is 0 Å². The molecule has 5 amide bonds. The SMILES string of the molecule is CC(C)(C)OC(=O)N[C@H]1CCCCC/C=C\C2C[C@@]2(C(=O)NS(=O)(=O)C2CC2)NC(=O)[C@@H]2C[C@@H](OC(=O)N3Cc4ccc5c(c4C3)OCO5)CN2C1=O. The summed E-state index contributed by atoms with van der Waals surface area (Å²) in [6.45, 7) is 5.54. The molecular weight excluding hydrogens is 710 g/mol. The zero-order valence-electron chi connectivity index (χ0n) is 30.2. The molecule has 1 saturated heterocycles. The second-order valence-corrected chi connectivity index (χ2v) is 17.7. The van der Waals surface area contributed by atoms with E-state index in [0.717, 1.165) is 24.0 Å².